The van der Waals surface area contributed by atoms with Crippen LogP contribution in [0.15, 0.2) is 18.2 Å². The van der Waals surface area contributed by atoms with Crippen molar-refractivity contribution in [3.63, 3.8) is 0 Å². The molecule has 0 saturated carbocycles. The number of amides is 1. The number of nitro groups is 1. The van der Waals surface area contributed by atoms with Gasteiger partial charge in [-0.15, -0.1) is 0 Å². The van der Waals surface area contributed by atoms with E-state index in [1.54, 1.807) is 0 Å². The van der Waals surface area contributed by atoms with Crippen molar-refractivity contribution >= 4 is 5.91 Å². The van der Waals surface area contributed by atoms with Crippen LogP contribution in [-0.2, 0) is 4.79 Å². The predicted molar refractivity (Wildman–Crippen MR) is 57.3 cm³/mol. The first-order valence-corrected chi connectivity index (χ1v) is 5.37. The van der Waals surface area contributed by atoms with Gasteiger partial charge < -0.3 is 5.32 Å². The number of piperidine rings is 1. The van der Waals surface area contributed by atoms with Crippen LogP contribution >= 0.6 is 0 Å². The van der Waals surface area contributed by atoms with Gasteiger partial charge in [0.15, 0.2) is 0 Å². The molecule has 1 aromatic carbocycles. The third-order valence-corrected chi connectivity index (χ3v) is 2.93. The second-order valence-corrected chi connectivity index (χ2v) is 4.10. The fourth-order valence-corrected chi connectivity index (χ4v) is 2.05. The number of nitrogens with zero attached hydrogens (tertiary/aromatic N) is 1. The van der Waals surface area contributed by atoms with Crippen molar-refractivity contribution in [1.29, 1.82) is 0 Å². The molecule has 5 nitrogen and oxygen atoms in total. The van der Waals surface area contributed by atoms with Crippen molar-refractivity contribution < 1.29 is 18.5 Å². The monoisotopic (exact) mass is 256 g/mol. The van der Waals surface area contributed by atoms with E-state index >= 15 is 0 Å². The van der Waals surface area contributed by atoms with Gasteiger partial charge in [0.2, 0.25) is 11.9 Å². The van der Waals surface area contributed by atoms with Gasteiger partial charge in [-0.2, -0.15) is 0 Å². The lowest BCUT2D eigenvalue weighted by atomic mass is 9.92. The number of carbonyl (C=O) groups is 1. The average molecular weight is 256 g/mol. The molecule has 7 heteroatoms. The van der Waals surface area contributed by atoms with Crippen molar-refractivity contribution in [1.82, 2.24) is 5.32 Å². The summed E-state index contributed by atoms with van der Waals surface area (Å²) in [6, 6.07) is 0.422. The van der Waals surface area contributed by atoms with E-state index in [4.69, 9.17) is 0 Å². The third-order valence-electron chi connectivity index (χ3n) is 2.93. The van der Waals surface area contributed by atoms with E-state index in [0.717, 1.165) is 18.2 Å². The summed E-state index contributed by atoms with van der Waals surface area (Å²) in [6.07, 6.45) is 0.0263. The molecule has 1 fully saturated rings. The Balaban J connectivity index is 2.40. The van der Waals surface area contributed by atoms with Gasteiger partial charge in [-0.3, -0.25) is 14.9 Å². The largest absolute Gasteiger partial charge is 0.342 e. The van der Waals surface area contributed by atoms with Crippen LogP contribution in [0.2, 0.25) is 0 Å². The minimum absolute atomic E-state index is 0.0130. The molecule has 1 heterocycles. The van der Waals surface area contributed by atoms with E-state index in [0.29, 0.717) is 0 Å². The molecule has 1 aliphatic rings. The first kappa shape index (κ1) is 12.4. The van der Waals surface area contributed by atoms with E-state index < -0.39 is 34.5 Å². The summed E-state index contributed by atoms with van der Waals surface area (Å²) < 4.78 is 26.7. The molecule has 0 aliphatic carbocycles. The van der Waals surface area contributed by atoms with Gasteiger partial charge in [0.05, 0.1) is 0 Å². The summed E-state index contributed by atoms with van der Waals surface area (Å²) in [5, 5.41) is 13.2. The number of hydrogen-bond donors (Lipinski definition) is 1. The Labute approximate surface area is 101 Å². The van der Waals surface area contributed by atoms with E-state index in [1.165, 1.54) is 0 Å². The van der Waals surface area contributed by atoms with E-state index in [-0.39, 0.29) is 18.4 Å². The Morgan fingerprint density at radius 1 is 1.39 bits per heavy atom. The smallest absolute Gasteiger partial charge is 0.237 e. The molecule has 0 unspecified atom stereocenters. The topological polar surface area (TPSA) is 72.2 Å². The lowest BCUT2D eigenvalue weighted by Crippen LogP contribution is -2.45. The molecule has 1 aromatic rings. The molecule has 1 N–H and O–H groups in total. The number of halogens is 2. The van der Waals surface area contributed by atoms with Gasteiger partial charge >= 0.3 is 0 Å². The molecule has 1 amide bonds. The molecular formula is C11H10F2N2O3. The summed E-state index contributed by atoms with van der Waals surface area (Å²) in [6.45, 7) is 0. The lowest BCUT2D eigenvalue weighted by molar-refractivity contribution is -0.529. The Kier molecular flexibility index (Phi) is 3.22. The number of nitrogens with one attached hydrogen (secondary N) is 1. The maximum Gasteiger partial charge on any atom is 0.237 e. The van der Waals surface area contributed by atoms with Gasteiger partial charge in [-0.25, -0.2) is 8.78 Å². The molecule has 0 spiro atoms. The Morgan fingerprint density at radius 2 is 2.11 bits per heavy atom. The van der Waals surface area contributed by atoms with Gasteiger partial charge in [-0.1, -0.05) is 0 Å². The second kappa shape index (κ2) is 4.67. The molecule has 2 rings (SSSR count). The zero-order valence-corrected chi connectivity index (χ0v) is 9.23. The fraction of sp³-hybridized carbons (Fsp3) is 0.364. The zero-order chi connectivity index (χ0) is 13.3. The number of rotatable bonds is 2. The van der Waals surface area contributed by atoms with Crippen molar-refractivity contribution in [2.75, 3.05) is 0 Å². The highest BCUT2D eigenvalue weighted by Gasteiger charge is 2.39. The Bertz CT molecular complexity index is 507. The van der Waals surface area contributed by atoms with Gasteiger partial charge in [-0.05, 0) is 18.2 Å². The summed E-state index contributed by atoms with van der Waals surface area (Å²) in [4.78, 5) is 21.6. The number of hydrogen-bond acceptors (Lipinski definition) is 3. The van der Waals surface area contributed by atoms with Crippen molar-refractivity contribution in [2.24, 2.45) is 0 Å². The SMILES string of the molecule is O=C1CC[C@@H]([N+](=O)[O-])[C@H](c2cc(F)ccc2F)N1. The van der Waals surface area contributed by atoms with Crippen molar-refractivity contribution in [3.05, 3.63) is 45.5 Å². The lowest BCUT2D eigenvalue weighted by Gasteiger charge is -2.27. The summed E-state index contributed by atoms with van der Waals surface area (Å²) in [5.74, 6) is -1.87. The average Bonchev–Trinajstić information content (AvgIpc) is 2.31. The van der Waals surface area contributed by atoms with Crippen molar-refractivity contribution in [2.45, 2.75) is 24.9 Å². The van der Waals surface area contributed by atoms with E-state index in [2.05, 4.69) is 5.32 Å². The minimum Gasteiger partial charge on any atom is -0.342 e. The summed E-state index contributed by atoms with van der Waals surface area (Å²) >= 11 is 0. The molecule has 0 bridgehead atoms. The fourth-order valence-electron chi connectivity index (χ4n) is 2.05. The first-order valence-electron chi connectivity index (χ1n) is 5.37. The molecular weight excluding hydrogens is 246 g/mol. The Hall–Kier alpha value is -2.05. The second-order valence-electron chi connectivity index (χ2n) is 4.10. The highest BCUT2D eigenvalue weighted by Crippen LogP contribution is 2.28. The molecule has 1 saturated heterocycles. The quantitative estimate of drug-likeness (QED) is 0.644. The third kappa shape index (κ3) is 2.29. The van der Waals surface area contributed by atoms with Gasteiger partial charge in [0.1, 0.15) is 17.7 Å². The normalized spacial score (nSPS) is 23.6. The van der Waals surface area contributed by atoms with Crippen LogP contribution in [0.1, 0.15) is 24.4 Å². The highest BCUT2D eigenvalue weighted by molar-refractivity contribution is 5.77. The molecule has 1 aliphatic heterocycles. The standard InChI is InChI=1S/C11H10F2N2O3/c12-6-1-2-8(13)7(5-6)11-9(15(17)18)3-4-10(16)14-11/h1-2,5,9,11H,3-4H2,(H,14,16)/t9-,11+/m1/s1. The van der Waals surface area contributed by atoms with Crippen LogP contribution in [0.25, 0.3) is 0 Å². The minimum atomic E-state index is -1.14. The first-order chi connectivity index (χ1) is 8.49. The van der Waals surface area contributed by atoms with Crippen LogP contribution in [0.3, 0.4) is 0 Å². The maximum atomic E-state index is 13.6. The molecule has 2 atom stereocenters. The van der Waals surface area contributed by atoms with Crippen LogP contribution in [0, 0.1) is 21.7 Å². The molecule has 18 heavy (non-hydrogen) atoms. The van der Waals surface area contributed by atoms with Crippen LogP contribution in [0.4, 0.5) is 8.78 Å². The van der Waals surface area contributed by atoms with E-state index in [9.17, 15) is 23.7 Å². The zero-order valence-electron chi connectivity index (χ0n) is 9.23. The van der Waals surface area contributed by atoms with Crippen LogP contribution < -0.4 is 5.32 Å². The summed E-state index contributed by atoms with van der Waals surface area (Å²) in [7, 11) is 0. The molecule has 0 radical (unpaired) electrons. The molecule has 0 aromatic heterocycles. The summed E-state index contributed by atoms with van der Waals surface area (Å²) in [5.41, 5.74) is -0.190. The van der Waals surface area contributed by atoms with Crippen LogP contribution in [-0.4, -0.2) is 16.9 Å². The van der Waals surface area contributed by atoms with Gasteiger partial charge in [0, 0.05) is 23.3 Å². The van der Waals surface area contributed by atoms with Crippen molar-refractivity contribution in [3.8, 4) is 0 Å². The number of benzene rings is 1. The Morgan fingerprint density at radius 3 is 2.78 bits per heavy atom. The predicted octanol–water partition coefficient (Wildman–Crippen LogP) is 1.56. The number of carbonyl (C=O) groups excluding carboxylic acids is 1. The highest BCUT2D eigenvalue weighted by atomic mass is 19.1. The maximum absolute atomic E-state index is 13.6. The van der Waals surface area contributed by atoms with Gasteiger partial charge in [0.25, 0.3) is 0 Å². The molecule has 96 valence electrons. The van der Waals surface area contributed by atoms with E-state index in [1.807, 2.05) is 0 Å². The van der Waals surface area contributed by atoms with Crippen LogP contribution in [0.5, 0.6) is 0 Å².